The Bertz CT molecular complexity index is 316. The molecule has 128 valence electrons. The second-order valence-electron chi connectivity index (χ2n) is 6.48. The molecular formula is C20H36O2. The molecule has 0 aliphatic carbocycles. The van der Waals surface area contributed by atoms with Crippen LogP contribution in [0.1, 0.15) is 78.1 Å². The Morgan fingerprint density at radius 1 is 1.09 bits per heavy atom. The van der Waals surface area contributed by atoms with Gasteiger partial charge in [-0.05, 0) is 36.8 Å². The molecule has 1 saturated heterocycles. The summed E-state index contributed by atoms with van der Waals surface area (Å²) in [5.41, 5.74) is 2.82. The molecule has 0 aromatic rings. The lowest BCUT2D eigenvalue weighted by molar-refractivity contribution is 0.206. The summed E-state index contributed by atoms with van der Waals surface area (Å²) in [6, 6.07) is 0. The number of hydrogen-bond acceptors (Lipinski definition) is 2. The zero-order valence-electron chi connectivity index (χ0n) is 14.9. The van der Waals surface area contributed by atoms with Crippen molar-refractivity contribution in [1.82, 2.24) is 0 Å². The number of rotatable bonds is 11. The Labute approximate surface area is 138 Å². The lowest BCUT2D eigenvalue weighted by atomic mass is 10.1. The summed E-state index contributed by atoms with van der Waals surface area (Å²) in [6.45, 7) is 11.1. The van der Waals surface area contributed by atoms with E-state index in [9.17, 15) is 0 Å². The molecule has 2 aliphatic heterocycles. The van der Waals surface area contributed by atoms with Crippen LogP contribution in [0.5, 0.6) is 0 Å². The summed E-state index contributed by atoms with van der Waals surface area (Å²) in [5.74, 6) is 0. The van der Waals surface area contributed by atoms with Crippen molar-refractivity contribution < 1.29 is 9.47 Å². The SMILES string of the molecule is C=C(CCCCCC)C1CO1.CCCCCCC1=CCOC1. The van der Waals surface area contributed by atoms with Gasteiger partial charge in [0, 0.05) is 0 Å². The molecule has 0 bridgehead atoms. The van der Waals surface area contributed by atoms with Crippen LogP contribution in [0, 0.1) is 0 Å². The Balaban J connectivity index is 0.000000220. The molecule has 2 nitrogen and oxygen atoms in total. The smallest absolute Gasteiger partial charge is 0.102 e. The Kier molecular flexibility index (Phi) is 11.4. The summed E-state index contributed by atoms with van der Waals surface area (Å²) in [7, 11) is 0. The van der Waals surface area contributed by atoms with Gasteiger partial charge in [-0.1, -0.05) is 65.0 Å². The van der Waals surface area contributed by atoms with E-state index in [0.29, 0.717) is 6.10 Å². The first-order valence-corrected chi connectivity index (χ1v) is 9.32. The van der Waals surface area contributed by atoms with Crippen LogP contribution in [-0.4, -0.2) is 25.9 Å². The molecular weight excluding hydrogens is 272 g/mol. The van der Waals surface area contributed by atoms with Gasteiger partial charge in [-0.15, -0.1) is 0 Å². The molecule has 1 atom stereocenters. The third-order valence-corrected chi connectivity index (χ3v) is 4.27. The first-order valence-electron chi connectivity index (χ1n) is 9.32. The van der Waals surface area contributed by atoms with E-state index in [1.54, 1.807) is 0 Å². The highest BCUT2D eigenvalue weighted by atomic mass is 16.6. The summed E-state index contributed by atoms with van der Waals surface area (Å²) >= 11 is 0. The Hall–Kier alpha value is -0.600. The van der Waals surface area contributed by atoms with E-state index in [1.807, 2.05) is 0 Å². The van der Waals surface area contributed by atoms with Crippen molar-refractivity contribution in [3.63, 3.8) is 0 Å². The largest absolute Gasteiger partial charge is 0.373 e. The maximum atomic E-state index is 5.22. The van der Waals surface area contributed by atoms with E-state index in [2.05, 4.69) is 26.5 Å². The zero-order valence-corrected chi connectivity index (χ0v) is 14.9. The van der Waals surface area contributed by atoms with Gasteiger partial charge in [-0.2, -0.15) is 0 Å². The molecule has 2 rings (SSSR count). The summed E-state index contributed by atoms with van der Waals surface area (Å²) in [4.78, 5) is 0. The van der Waals surface area contributed by atoms with Gasteiger partial charge < -0.3 is 9.47 Å². The quantitative estimate of drug-likeness (QED) is 0.272. The molecule has 0 radical (unpaired) electrons. The van der Waals surface area contributed by atoms with Crippen LogP contribution >= 0.6 is 0 Å². The molecule has 22 heavy (non-hydrogen) atoms. The number of unbranched alkanes of at least 4 members (excludes halogenated alkanes) is 6. The van der Waals surface area contributed by atoms with Crippen LogP contribution in [0.3, 0.4) is 0 Å². The van der Waals surface area contributed by atoms with E-state index in [0.717, 1.165) is 19.8 Å². The van der Waals surface area contributed by atoms with Crippen LogP contribution in [-0.2, 0) is 9.47 Å². The van der Waals surface area contributed by atoms with Gasteiger partial charge >= 0.3 is 0 Å². The lowest BCUT2D eigenvalue weighted by Crippen LogP contribution is -1.90. The molecule has 0 saturated carbocycles. The molecule has 1 fully saturated rings. The molecule has 2 heteroatoms. The predicted molar refractivity (Wildman–Crippen MR) is 95.3 cm³/mol. The van der Waals surface area contributed by atoms with E-state index in [-0.39, 0.29) is 0 Å². The third kappa shape index (κ3) is 10.2. The van der Waals surface area contributed by atoms with Gasteiger partial charge in [-0.25, -0.2) is 0 Å². The molecule has 0 N–H and O–H groups in total. The van der Waals surface area contributed by atoms with Crippen LogP contribution < -0.4 is 0 Å². The van der Waals surface area contributed by atoms with Gasteiger partial charge in [-0.3, -0.25) is 0 Å². The average molecular weight is 309 g/mol. The van der Waals surface area contributed by atoms with Crippen molar-refractivity contribution in [2.75, 3.05) is 19.8 Å². The molecule has 2 aliphatic rings. The second kappa shape index (κ2) is 12.9. The molecule has 0 amide bonds. The highest BCUT2D eigenvalue weighted by molar-refractivity contribution is 5.07. The van der Waals surface area contributed by atoms with Crippen molar-refractivity contribution in [3.05, 3.63) is 23.8 Å². The molecule has 2 heterocycles. The van der Waals surface area contributed by atoms with E-state index in [1.165, 1.54) is 75.4 Å². The minimum absolute atomic E-state index is 0.427. The lowest BCUT2D eigenvalue weighted by Gasteiger charge is -2.00. The fraction of sp³-hybridized carbons (Fsp3) is 0.800. The van der Waals surface area contributed by atoms with Crippen LogP contribution in [0.15, 0.2) is 23.8 Å². The van der Waals surface area contributed by atoms with Gasteiger partial charge in [0.25, 0.3) is 0 Å². The first-order chi connectivity index (χ1) is 10.8. The van der Waals surface area contributed by atoms with Crippen LogP contribution in [0.25, 0.3) is 0 Å². The highest BCUT2D eigenvalue weighted by Gasteiger charge is 2.24. The number of epoxide rings is 1. The van der Waals surface area contributed by atoms with Crippen molar-refractivity contribution in [3.8, 4) is 0 Å². The maximum absolute atomic E-state index is 5.22. The fourth-order valence-corrected chi connectivity index (χ4v) is 2.60. The zero-order chi connectivity index (χ0) is 16.0. The second-order valence-corrected chi connectivity index (χ2v) is 6.48. The summed E-state index contributed by atoms with van der Waals surface area (Å²) in [6.07, 6.45) is 15.9. The molecule has 1 unspecified atom stereocenters. The minimum Gasteiger partial charge on any atom is -0.373 e. The summed E-state index contributed by atoms with van der Waals surface area (Å²) in [5, 5.41) is 0. The molecule has 0 spiro atoms. The van der Waals surface area contributed by atoms with Crippen molar-refractivity contribution >= 4 is 0 Å². The van der Waals surface area contributed by atoms with Crippen molar-refractivity contribution in [1.29, 1.82) is 0 Å². The van der Waals surface area contributed by atoms with Gasteiger partial charge in [0.05, 0.1) is 19.8 Å². The summed E-state index contributed by atoms with van der Waals surface area (Å²) < 4.78 is 10.3. The van der Waals surface area contributed by atoms with Gasteiger partial charge in [0.1, 0.15) is 6.10 Å². The first kappa shape index (κ1) is 19.4. The van der Waals surface area contributed by atoms with Gasteiger partial charge in [0.15, 0.2) is 0 Å². The van der Waals surface area contributed by atoms with Crippen molar-refractivity contribution in [2.45, 2.75) is 84.2 Å². The number of hydrogen-bond donors (Lipinski definition) is 0. The normalized spacial score (nSPS) is 19.4. The maximum Gasteiger partial charge on any atom is 0.102 e. The molecule has 0 aromatic carbocycles. The minimum atomic E-state index is 0.427. The number of ether oxygens (including phenoxy) is 2. The van der Waals surface area contributed by atoms with Crippen LogP contribution in [0.2, 0.25) is 0 Å². The highest BCUT2D eigenvalue weighted by Crippen LogP contribution is 2.22. The van der Waals surface area contributed by atoms with E-state index >= 15 is 0 Å². The third-order valence-electron chi connectivity index (χ3n) is 4.27. The molecule has 0 aromatic heterocycles. The Morgan fingerprint density at radius 2 is 1.77 bits per heavy atom. The Morgan fingerprint density at radius 3 is 2.32 bits per heavy atom. The van der Waals surface area contributed by atoms with E-state index < -0.39 is 0 Å². The van der Waals surface area contributed by atoms with Crippen LogP contribution in [0.4, 0.5) is 0 Å². The average Bonchev–Trinajstić information content (AvgIpc) is 3.26. The topological polar surface area (TPSA) is 21.8 Å². The monoisotopic (exact) mass is 308 g/mol. The standard InChI is InChI=1S/2C10H18O/c1-3-4-5-6-7-9(2)10-8-11-10;1-2-3-4-5-6-10-7-8-11-9-10/h10H,2-8H2,1H3;7H,2-6,8-9H2,1H3. The van der Waals surface area contributed by atoms with E-state index in [4.69, 9.17) is 9.47 Å². The van der Waals surface area contributed by atoms with Gasteiger partial charge in [0.2, 0.25) is 0 Å². The fourth-order valence-electron chi connectivity index (χ4n) is 2.60. The van der Waals surface area contributed by atoms with Crippen molar-refractivity contribution in [2.24, 2.45) is 0 Å². The predicted octanol–water partition coefficient (Wildman–Crippen LogP) is 5.83.